The molecule has 0 aliphatic heterocycles. The van der Waals surface area contributed by atoms with Gasteiger partial charge in [-0.2, -0.15) is 0 Å². The van der Waals surface area contributed by atoms with E-state index in [1.165, 1.54) is 12.8 Å². The lowest BCUT2D eigenvalue weighted by atomic mass is 9.99. The highest BCUT2D eigenvalue weighted by Crippen LogP contribution is 2.28. The first-order chi connectivity index (χ1) is 16.6. The summed E-state index contributed by atoms with van der Waals surface area (Å²) < 4.78 is 26.2. The molecule has 0 saturated carbocycles. The van der Waals surface area contributed by atoms with Gasteiger partial charge in [0.1, 0.15) is 18.2 Å². The van der Waals surface area contributed by atoms with Crippen molar-refractivity contribution in [2.45, 2.75) is 58.5 Å². The van der Waals surface area contributed by atoms with Gasteiger partial charge in [0.2, 0.25) is 0 Å². The lowest BCUT2D eigenvalue weighted by Crippen LogP contribution is -2.08. The highest BCUT2D eigenvalue weighted by Gasteiger charge is 2.06. The fraction of sp³-hybridized carbons (Fsp3) is 0.355. The summed E-state index contributed by atoms with van der Waals surface area (Å²) >= 11 is 0. The van der Waals surface area contributed by atoms with Crippen LogP contribution < -0.4 is 4.74 Å². The molecule has 0 aliphatic carbocycles. The van der Waals surface area contributed by atoms with Gasteiger partial charge in [-0.15, -0.1) is 0 Å². The van der Waals surface area contributed by atoms with Crippen molar-refractivity contribution in [3.63, 3.8) is 0 Å². The van der Waals surface area contributed by atoms with E-state index in [4.69, 9.17) is 9.47 Å². The molecule has 0 bridgehead atoms. The smallest absolute Gasteiger partial charge is 0.131 e. The van der Waals surface area contributed by atoms with Gasteiger partial charge >= 0.3 is 0 Å². The van der Waals surface area contributed by atoms with Gasteiger partial charge in [-0.3, -0.25) is 0 Å². The maximum absolute atomic E-state index is 14.8. The molecule has 3 rings (SSSR count). The standard InChI is InChI=1S/C31H37FO2/c1-4-6-10-20-33-24(3)11-8-7-9-12-25-13-14-29(23-31(25)32)26-15-16-28-22-30(34-19-5-2)18-17-27(28)21-26/h5,9,12-18,21-24H,2,4,6-8,10-11,19-20H2,1,3H3/b12-9+. The van der Waals surface area contributed by atoms with Crippen molar-refractivity contribution in [1.29, 1.82) is 0 Å². The van der Waals surface area contributed by atoms with Crippen molar-refractivity contribution < 1.29 is 13.9 Å². The van der Waals surface area contributed by atoms with Crippen molar-refractivity contribution >= 4 is 16.8 Å². The molecular weight excluding hydrogens is 423 g/mol. The summed E-state index contributed by atoms with van der Waals surface area (Å²) in [7, 11) is 0. The molecule has 0 fully saturated rings. The van der Waals surface area contributed by atoms with E-state index in [1.54, 1.807) is 12.1 Å². The zero-order chi connectivity index (χ0) is 24.2. The van der Waals surface area contributed by atoms with E-state index in [2.05, 4.69) is 32.6 Å². The Hall–Kier alpha value is -2.91. The Labute approximate surface area is 204 Å². The Bertz CT molecular complexity index is 1090. The topological polar surface area (TPSA) is 18.5 Å². The lowest BCUT2D eigenvalue weighted by Gasteiger charge is -2.12. The van der Waals surface area contributed by atoms with Crippen LogP contribution in [-0.4, -0.2) is 19.3 Å². The van der Waals surface area contributed by atoms with Crippen molar-refractivity contribution in [2.75, 3.05) is 13.2 Å². The van der Waals surface area contributed by atoms with Crippen LogP contribution in [0.25, 0.3) is 28.0 Å². The number of hydrogen-bond donors (Lipinski definition) is 0. The Morgan fingerprint density at radius 3 is 2.50 bits per heavy atom. The van der Waals surface area contributed by atoms with Crippen molar-refractivity contribution in [3.8, 4) is 16.9 Å². The molecule has 0 saturated heterocycles. The van der Waals surface area contributed by atoms with Gasteiger partial charge in [-0.1, -0.05) is 74.9 Å². The van der Waals surface area contributed by atoms with E-state index in [9.17, 15) is 4.39 Å². The molecule has 2 nitrogen and oxygen atoms in total. The van der Waals surface area contributed by atoms with Crippen LogP contribution in [-0.2, 0) is 4.74 Å². The molecule has 1 atom stereocenters. The zero-order valence-electron chi connectivity index (χ0n) is 20.6. The Morgan fingerprint density at radius 1 is 0.941 bits per heavy atom. The van der Waals surface area contributed by atoms with Gasteiger partial charge in [0.05, 0.1) is 6.10 Å². The molecular formula is C31H37FO2. The van der Waals surface area contributed by atoms with E-state index >= 15 is 0 Å². The van der Waals surface area contributed by atoms with Gasteiger partial charge in [0.15, 0.2) is 0 Å². The average Bonchev–Trinajstić information content (AvgIpc) is 2.85. The van der Waals surface area contributed by atoms with Gasteiger partial charge < -0.3 is 9.47 Å². The first kappa shape index (κ1) is 25.7. The molecule has 0 N–H and O–H groups in total. The maximum Gasteiger partial charge on any atom is 0.131 e. The van der Waals surface area contributed by atoms with E-state index in [1.807, 2.05) is 48.5 Å². The van der Waals surface area contributed by atoms with Crippen LogP contribution in [0.15, 0.2) is 73.3 Å². The third-order valence-electron chi connectivity index (χ3n) is 5.94. The van der Waals surface area contributed by atoms with Crippen molar-refractivity contribution in [2.24, 2.45) is 0 Å². The molecule has 180 valence electrons. The minimum absolute atomic E-state index is 0.199. The minimum atomic E-state index is -0.199. The molecule has 0 spiro atoms. The van der Waals surface area contributed by atoms with Crippen LogP contribution in [0, 0.1) is 5.82 Å². The van der Waals surface area contributed by atoms with Crippen LogP contribution >= 0.6 is 0 Å². The Kier molecular flexibility index (Phi) is 10.4. The summed E-state index contributed by atoms with van der Waals surface area (Å²) in [6, 6.07) is 17.6. The number of halogens is 1. The predicted octanol–water partition coefficient (Wildman–Crippen LogP) is 8.99. The fourth-order valence-corrected chi connectivity index (χ4v) is 3.94. The molecule has 3 heteroatoms. The summed E-state index contributed by atoms with van der Waals surface area (Å²) in [6.07, 6.45) is 12.5. The summed E-state index contributed by atoms with van der Waals surface area (Å²) in [5.74, 6) is 0.617. The quantitative estimate of drug-likeness (QED) is 0.176. The van der Waals surface area contributed by atoms with Gasteiger partial charge in [-0.25, -0.2) is 4.39 Å². The maximum atomic E-state index is 14.8. The lowest BCUT2D eigenvalue weighted by molar-refractivity contribution is 0.0566. The van der Waals surface area contributed by atoms with Gasteiger partial charge in [0, 0.05) is 12.2 Å². The first-order valence-electron chi connectivity index (χ1n) is 12.5. The second kappa shape index (κ2) is 13.7. The number of allylic oxidation sites excluding steroid dienone is 1. The number of fused-ring (bicyclic) bond motifs is 1. The molecule has 0 radical (unpaired) electrons. The predicted molar refractivity (Wildman–Crippen MR) is 143 cm³/mol. The SMILES string of the molecule is C=CCOc1ccc2cc(-c3ccc(/C=C/CCCC(C)OCCCCC)c(F)c3)ccc2c1. The van der Waals surface area contributed by atoms with E-state index in [0.29, 0.717) is 12.2 Å². The number of benzene rings is 3. The first-order valence-corrected chi connectivity index (χ1v) is 12.5. The van der Waals surface area contributed by atoms with Gasteiger partial charge in [0.25, 0.3) is 0 Å². The molecule has 34 heavy (non-hydrogen) atoms. The van der Waals surface area contributed by atoms with Crippen LogP contribution in [0.4, 0.5) is 4.39 Å². The van der Waals surface area contributed by atoms with Crippen LogP contribution in [0.3, 0.4) is 0 Å². The second-order valence-corrected chi connectivity index (χ2v) is 8.78. The third-order valence-corrected chi connectivity index (χ3v) is 5.94. The summed E-state index contributed by atoms with van der Waals surface area (Å²) in [6.45, 7) is 9.35. The summed E-state index contributed by atoms with van der Waals surface area (Å²) in [5, 5.41) is 2.18. The Balaban J connectivity index is 1.55. The highest BCUT2D eigenvalue weighted by atomic mass is 19.1. The number of unbranched alkanes of at least 4 members (excludes halogenated alkanes) is 3. The summed E-state index contributed by atoms with van der Waals surface area (Å²) in [5.41, 5.74) is 2.49. The molecule has 0 aromatic heterocycles. The van der Waals surface area contributed by atoms with E-state index in [0.717, 1.165) is 59.9 Å². The Morgan fingerprint density at radius 2 is 1.71 bits per heavy atom. The molecule has 1 unspecified atom stereocenters. The third kappa shape index (κ3) is 7.85. The minimum Gasteiger partial charge on any atom is -0.490 e. The van der Waals surface area contributed by atoms with E-state index < -0.39 is 0 Å². The van der Waals surface area contributed by atoms with Gasteiger partial charge in [-0.05, 0) is 78.8 Å². The largest absolute Gasteiger partial charge is 0.490 e. The normalized spacial score (nSPS) is 12.3. The fourth-order valence-electron chi connectivity index (χ4n) is 3.94. The van der Waals surface area contributed by atoms with Crippen molar-refractivity contribution in [1.82, 2.24) is 0 Å². The van der Waals surface area contributed by atoms with Crippen LogP contribution in [0.1, 0.15) is 57.9 Å². The highest BCUT2D eigenvalue weighted by molar-refractivity contribution is 5.88. The van der Waals surface area contributed by atoms with Crippen LogP contribution in [0.2, 0.25) is 0 Å². The second-order valence-electron chi connectivity index (χ2n) is 8.78. The molecule has 0 aliphatic rings. The number of hydrogen-bond acceptors (Lipinski definition) is 2. The summed E-state index contributed by atoms with van der Waals surface area (Å²) in [4.78, 5) is 0. The molecule has 3 aromatic carbocycles. The number of rotatable bonds is 14. The zero-order valence-corrected chi connectivity index (χ0v) is 20.6. The number of ether oxygens (including phenoxy) is 2. The van der Waals surface area contributed by atoms with Crippen LogP contribution in [0.5, 0.6) is 5.75 Å². The molecule has 0 heterocycles. The monoisotopic (exact) mass is 460 g/mol. The average molecular weight is 461 g/mol. The van der Waals surface area contributed by atoms with Crippen molar-refractivity contribution in [3.05, 3.63) is 84.7 Å². The molecule has 0 amide bonds. The molecule has 3 aromatic rings. The van der Waals surface area contributed by atoms with E-state index in [-0.39, 0.29) is 11.9 Å².